The molecule has 0 aliphatic heterocycles. The molecule has 113 valence electrons. The van der Waals surface area contributed by atoms with Crippen LogP contribution in [0.3, 0.4) is 0 Å². The zero-order valence-electron chi connectivity index (χ0n) is 13.2. The summed E-state index contributed by atoms with van der Waals surface area (Å²) < 4.78 is 0. The fraction of sp³-hybridized carbons (Fsp3) is 0.882. The lowest BCUT2D eigenvalue weighted by Crippen LogP contribution is -2.32. The summed E-state index contributed by atoms with van der Waals surface area (Å²) in [5.41, 5.74) is 0. The largest absolute Gasteiger partial charge is 0.354 e. The fourth-order valence-electron chi connectivity index (χ4n) is 2.38. The summed E-state index contributed by atoms with van der Waals surface area (Å²) in [6.45, 7) is 8.10. The molecule has 0 aromatic rings. The first-order chi connectivity index (χ1) is 9.20. The summed E-state index contributed by atoms with van der Waals surface area (Å²) in [6, 6.07) is 0.338. The summed E-state index contributed by atoms with van der Waals surface area (Å²) >= 11 is 0. The van der Waals surface area contributed by atoms with E-state index in [1.54, 1.807) is 0 Å². The highest BCUT2D eigenvalue weighted by atomic mass is 16.1. The summed E-state index contributed by atoms with van der Waals surface area (Å²) in [4.78, 5) is 11.6. The number of hydrogen-bond donors (Lipinski definition) is 1. The highest BCUT2D eigenvalue weighted by molar-refractivity contribution is 5.76. The van der Waals surface area contributed by atoms with Gasteiger partial charge in [0.05, 0.1) is 0 Å². The van der Waals surface area contributed by atoms with E-state index in [0.717, 1.165) is 25.7 Å². The molecule has 0 aromatic carbocycles. The topological polar surface area (TPSA) is 29.1 Å². The van der Waals surface area contributed by atoms with E-state index in [0.29, 0.717) is 12.5 Å². The van der Waals surface area contributed by atoms with Crippen molar-refractivity contribution in [3.05, 3.63) is 6.92 Å². The van der Waals surface area contributed by atoms with E-state index in [4.69, 9.17) is 0 Å². The minimum atomic E-state index is 0.233. The van der Waals surface area contributed by atoms with Gasteiger partial charge in [0.2, 0.25) is 5.91 Å². The molecule has 0 spiro atoms. The minimum absolute atomic E-state index is 0.233. The lowest BCUT2D eigenvalue weighted by atomic mass is 10.1. The van der Waals surface area contributed by atoms with E-state index >= 15 is 0 Å². The molecule has 2 nitrogen and oxygen atoms in total. The van der Waals surface area contributed by atoms with Crippen LogP contribution in [0.1, 0.15) is 90.9 Å². The normalized spacial score (nSPS) is 12.4. The smallest absolute Gasteiger partial charge is 0.220 e. The lowest BCUT2D eigenvalue weighted by molar-refractivity contribution is -0.121. The predicted octanol–water partition coefficient (Wildman–Crippen LogP) is 5.03. The van der Waals surface area contributed by atoms with Crippen molar-refractivity contribution in [2.75, 3.05) is 0 Å². The van der Waals surface area contributed by atoms with Crippen molar-refractivity contribution in [2.45, 2.75) is 96.9 Å². The van der Waals surface area contributed by atoms with Crippen molar-refractivity contribution in [1.82, 2.24) is 5.32 Å². The van der Waals surface area contributed by atoms with Crippen LogP contribution in [0, 0.1) is 6.92 Å². The van der Waals surface area contributed by atoms with Crippen LogP contribution in [0.25, 0.3) is 0 Å². The summed E-state index contributed by atoms with van der Waals surface area (Å²) in [5.74, 6) is 0.233. The van der Waals surface area contributed by atoms with Gasteiger partial charge in [-0.3, -0.25) is 4.79 Å². The van der Waals surface area contributed by atoms with Gasteiger partial charge in [0.25, 0.3) is 0 Å². The highest BCUT2D eigenvalue weighted by Crippen LogP contribution is 2.10. The molecule has 0 heterocycles. The second-order valence-electron chi connectivity index (χ2n) is 5.69. The van der Waals surface area contributed by atoms with Gasteiger partial charge in [0.15, 0.2) is 0 Å². The molecule has 1 unspecified atom stereocenters. The number of nitrogens with one attached hydrogen (secondary N) is 1. The monoisotopic (exact) mass is 268 g/mol. The van der Waals surface area contributed by atoms with Crippen molar-refractivity contribution in [2.24, 2.45) is 0 Å². The van der Waals surface area contributed by atoms with Crippen LogP contribution in [-0.4, -0.2) is 11.9 Å². The first-order valence-corrected chi connectivity index (χ1v) is 8.29. The third-order valence-electron chi connectivity index (χ3n) is 3.53. The number of hydrogen-bond acceptors (Lipinski definition) is 1. The van der Waals surface area contributed by atoms with Gasteiger partial charge < -0.3 is 5.32 Å². The van der Waals surface area contributed by atoms with E-state index in [1.165, 1.54) is 44.9 Å². The molecule has 0 aliphatic carbocycles. The number of rotatable bonds is 13. The molecule has 19 heavy (non-hydrogen) atoms. The molecule has 1 radical (unpaired) electrons. The molecule has 0 fully saturated rings. The molecule has 1 amide bonds. The molecule has 0 rings (SSSR count). The number of carbonyl (C=O) groups excluding carboxylic acids is 1. The first-order valence-electron chi connectivity index (χ1n) is 8.29. The SMILES string of the molecule is [CH2]CCCCCCCCCCC(=O)NC(C)CCC. The van der Waals surface area contributed by atoms with E-state index < -0.39 is 0 Å². The third kappa shape index (κ3) is 13.7. The van der Waals surface area contributed by atoms with Crippen LogP contribution in [0.2, 0.25) is 0 Å². The van der Waals surface area contributed by atoms with Crippen molar-refractivity contribution in [3.8, 4) is 0 Å². The molecule has 2 heteroatoms. The molecule has 1 N–H and O–H groups in total. The summed E-state index contributed by atoms with van der Waals surface area (Å²) in [6.07, 6.45) is 14.2. The Morgan fingerprint density at radius 1 is 1.00 bits per heavy atom. The Labute approximate surface area is 120 Å². The van der Waals surface area contributed by atoms with Crippen molar-refractivity contribution >= 4 is 5.91 Å². The quantitative estimate of drug-likeness (QED) is 0.467. The van der Waals surface area contributed by atoms with Crippen LogP contribution in [-0.2, 0) is 4.79 Å². The standard InChI is InChI=1S/C17H34NO/c1-4-6-7-8-9-10-11-12-13-15-17(19)18-16(3)14-5-2/h16H,1,4-15H2,2-3H3,(H,18,19). The van der Waals surface area contributed by atoms with Crippen LogP contribution in [0.15, 0.2) is 0 Å². The van der Waals surface area contributed by atoms with Gasteiger partial charge in [0.1, 0.15) is 0 Å². The predicted molar refractivity (Wildman–Crippen MR) is 84.0 cm³/mol. The summed E-state index contributed by atoms with van der Waals surface area (Å²) in [5, 5.41) is 3.06. The third-order valence-corrected chi connectivity index (χ3v) is 3.53. The van der Waals surface area contributed by atoms with Crippen molar-refractivity contribution in [1.29, 1.82) is 0 Å². The number of unbranched alkanes of at least 4 members (excludes halogenated alkanes) is 8. The fourth-order valence-corrected chi connectivity index (χ4v) is 2.38. The average molecular weight is 268 g/mol. The van der Waals surface area contributed by atoms with Gasteiger partial charge in [-0.25, -0.2) is 0 Å². The van der Waals surface area contributed by atoms with Crippen LogP contribution in [0.4, 0.5) is 0 Å². The minimum Gasteiger partial charge on any atom is -0.354 e. The van der Waals surface area contributed by atoms with Crippen LogP contribution in [0.5, 0.6) is 0 Å². The van der Waals surface area contributed by atoms with Crippen LogP contribution < -0.4 is 5.32 Å². The van der Waals surface area contributed by atoms with E-state index in [9.17, 15) is 4.79 Å². The zero-order valence-corrected chi connectivity index (χ0v) is 13.2. The second-order valence-corrected chi connectivity index (χ2v) is 5.69. The summed E-state index contributed by atoms with van der Waals surface area (Å²) in [7, 11) is 0. The van der Waals surface area contributed by atoms with Gasteiger partial charge in [-0.1, -0.05) is 71.6 Å². The van der Waals surface area contributed by atoms with E-state index in [1.807, 2.05) is 0 Å². The molecule has 0 saturated heterocycles. The first kappa shape index (κ1) is 18.5. The Morgan fingerprint density at radius 2 is 1.53 bits per heavy atom. The molecular weight excluding hydrogens is 234 g/mol. The zero-order chi connectivity index (χ0) is 14.3. The van der Waals surface area contributed by atoms with Gasteiger partial charge in [0, 0.05) is 12.5 Å². The van der Waals surface area contributed by atoms with Gasteiger partial charge in [-0.05, 0) is 19.8 Å². The number of amides is 1. The van der Waals surface area contributed by atoms with Gasteiger partial charge >= 0.3 is 0 Å². The van der Waals surface area contributed by atoms with Crippen molar-refractivity contribution < 1.29 is 4.79 Å². The van der Waals surface area contributed by atoms with E-state index in [2.05, 4.69) is 26.1 Å². The Hall–Kier alpha value is -0.530. The molecule has 0 aliphatic rings. The molecule has 0 aromatic heterocycles. The van der Waals surface area contributed by atoms with Gasteiger partial charge in [-0.15, -0.1) is 0 Å². The maximum atomic E-state index is 11.6. The number of carbonyl (C=O) groups is 1. The second kappa shape index (κ2) is 13.9. The lowest BCUT2D eigenvalue weighted by Gasteiger charge is -2.12. The maximum Gasteiger partial charge on any atom is 0.220 e. The molecular formula is C17H34NO. The Morgan fingerprint density at radius 3 is 2.05 bits per heavy atom. The molecule has 1 atom stereocenters. The Balaban J connectivity index is 3.23. The Kier molecular flexibility index (Phi) is 13.5. The Bertz CT molecular complexity index is 203. The molecule has 0 bridgehead atoms. The highest BCUT2D eigenvalue weighted by Gasteiger charge is 2.05. The molecule has 0 saturated carbocycles. The van der Waals surface area contributed by atoms with Crippen LogP contribution >= 0.6 is 0 Å². The van der Waals surface area contributed by atoms with Gasteiger partial charge in [-0.2, -0.15) is 0 Å². The average Bonchev–Trinajstić information content (AvgIpc) is 2.37. The maximum absolute atomic E-state index is 11.6. The van der Waals surface area contributed by atoms with E-state index in [-0.39, 0.29) is 5.91 Å². The van der Waals surface area contributed by atoms with Crippen molar-refractivity contribution in [3.63, 3.8) is 0 Å².